The van der Waals surface area contributed by atoms with Crippen molar-refractivity contribution >= 4 is 23.1 Å². The van der Waals surface area contributed by atoms with Crippen LogP contribution in [0.4, 0.5) is 29.5 Å². The Hall–Kier alpha value is -4.16. The number of carbonyl (C=O) groups is 1. The van der Waals surface area contributed by atoms with Crippen molar-refractivity contribution in [1.82, 2.24) is 24.7 Å². The van der Waals surface area contributed by atoms with Crippen molar-refractivity contribution < 1.29 is 27.2 Å². The molecule has 4 rings (SSSR count). The zero-order valence-corrected chi connectivity index (χ0v) is 16.8. The zero-order chi connectivity index (χ0) is 22.9. The molecule has 0 aliphatic carbocycles. The summed E-state index contributed by atoms with van der Waals surface area (Å²) in [7, 11) is 3.65. The number of anilines is 2. The molecule has 0 aliphatic heterocycles. The number of fused-ring (bicyclic) bond motifs is 1. The lowest BCUT2D eigenvalue weighted by molar-refractivity contribution is -0.159. The standard InChI is InChI=1S/C19H16F3N7O3/c1-28(2)16-11(4-3-8-23-16)10-31-18(30)25-12-5-6-14(29-13(12)7-9-24-29)15-26-17(32-27-15)19(20,21)22/h3-9H,10H2,1-2H3,(H,25,30). The van der Waals surface area contributed by atoms with Crippen LogP contribution in [0.25, 0.3) is 17.0 Å². The van der Waals surface area contributed by atoms with Crippen LogP contribution >= 0.6 is 0 Å². The molecule has 1 N–H and O–H groups in total. The maximum atomic E-state index is 12.8. The molecule has 0 saturated carbocycles. The Morgan fingerprint density at radius 3 is 2.75 bits per heavy atom. The molecular formula is C19H16F3N7O3. The van der Waals surface area contributed by atoms with Crippen molar-refractivity contribution in [1.29, 1.82) is 0 Å². The number of hydrogen-bond donors (Lipinski definition) is 1. The molecule has 0 bridgehead atoms. The molecule has 0 unspecified atom stereocenters. The number of alkyl halides is 3. The molecule has 0 fully saturated rings. The Bertz CT molecular complexity index is 1270. The van der Waals surface area contributed by atoms with E-state index in [0.29, 0.717) is 17.0 Å². The van der Waals surface area contributed by atoms with E-state index in [2.05, 4.69) is 30.1 Å². The zero-order valence-electron chi connectivity index (χ0n) is 16.8. The van der Waals surface area contributed by atoms with Crippen molar-refractivity contribution in [3.63, 3.8) is 0 Å². The maximum absolute atomic E-state index is 12.8. The van der Waals surface area contributed by atoms with Crippen LogP contribution in [0.15, 0.2) is 47.2 Å². The average Bonchev–Trinajstić information content (AvgIpc) is 3.43. The highest BCUT2D eigenvalue weighted by Crippen LogP contribution is 2.30. The molecule has 0 atom stereocenters. The van der Waals surface area contributed by atoms with E-state index in [9.17, 15) is 18.0 Å². The van der Waals surface area contributed by atoms with Crippen LogP contribution in [0.3, 0.4) is 0 Å². The molecule has 166 valence electrons. The Balaban J connectivity index is 1.53. The molecule has 0 aromatic carbocycles. The highest BCUT2D eigenvalue weighted by molar-refractivity contribution is 5.91. The van der Waals surface area contributed by atoms with Gasteiger partial charge in [0.1, 0.15) is 18.1 Å². The fourth-order valence-corrected chi connectivity index (χ4v) is 2.97. The number of carbonyl (C=O) groups excluding carboxylic acids is 1. The Morgan fingerprint density at radius 2 is 2.03 bits per heavy atom. The summed E-state index contributed by atoms with van der Waals surface area (Å²) in [5.74, 6) is -1.10. The smallest absolute Gasteiger partial charge is 0.444 e. The number of nitrogens with one attached hydrogen (secondary N) is 1. The first-order chi connectivity index (χ1) is 15.2. The van der Waals surface area contributed by atoms with E-state index in [1.165, 1.54) is 22.8 Å². The number of aromatic nitrogens is 5. The van der Waals surface area contributed by atoms with Crippen molar-refractivity contribution in [3.8, 4) is 11.5 Å². The van der Waals surface area contributed by atoms with Crippen LogP contribution < -0.4 is 10.2 Å². The van der Waals surface area contributed by atoms with Crippen LogP contribution in [0.1, 0.15) is 11.5 Å². The predicted octanol–water partition coefficient (Wildman–Crippen LogP) is 3.61. The van der Waals surface area contributed by atoms with Gasteiger partial charge in [-0.15, -0.1) is 0 Å². The molecule has 13 heteroatoms. The molecule has 10 nitrogen and oxygen atoms in total. The number of rotatable bonds is 5. The fraction of sp³-hybridized carbons (Fsp3) is 0.211. The lowest BCUT2D eigenvalue weighted by atomic mass is 10.2. The summed E-state index contributed by atoms with van der Waals surface area (Å²) >= 11 is 0. The van der Waals surface area contributed by atoms with Crippen LogP contribution in [0.2, 0.25) is 0 Å². The van der Waals surface area contributed by atoms with Gasteiger partial charge < -0.3 is 14.2 Å². The number of pyridine rings is 2. The van der Waals surface area contributed by atoms with Gasteiger partial charge in [-0.25, -0.2) is 14.3 Å². The summed E-state index contributed by atoms with van der Waals surface area (Å²) in [6.45, 7) is -0.0100. The molecule has 32 heavy (non-hydrogen) atoms. The molecule has 4 aromatic rings. The molecule has 4 aromatic heterocycles. The summed E-state index contributed by atoms with van der Waals surface area (Å²) in [5.41, 5.74) is 1.59. The van der Waals surface area contributed by atoms with E-state index >= 15 is 0 Å². The first-order valence-electron chi connectivity index (χ1n) is 9.17. The van der Waals surface area contributed by atoms with E-state index in [1.54, 1.807) is 29.3 Å². The minimum atomic E-state index is -4.76. The highest BCUT2D eigenvalue weighted by Gasteiger charge is 2.38. The highest BCUT2D eigenvalue weighted by atomic mass is 19.4. The molecule has 0 radical (unpaired) electrons. The van der Waals surface area contributed by atoms with E-state index in [-0.39, 0.29) is 18.1 Å². The van der Waals surface area contributed by atoms with Crippen LogP contribution in [0.5, 0.6) is 0 Å². The van der Waals surface area contributed by atoms with E-state index in [1.807, 2.05) is 14.1 Å². The van der Waals surface area contributed by atoms with Gasteiger partial charge in [0.05, 0.1) is 17.4 Å². The number of hydrogen-bond acceptors (Lipinski definition) is 8. The number of halogens is 3. The van der Waals surface area contributed by atoms with Gasteiger partial charge in [0, 0.05) is 25.9 Å². The van der Waals surface area contributed by atoms with Crippen molar-refractivity contribution in [2.24, 2.45) is 0 Å². The van der Waals surface area contributed by atoms with Crippen LogP contribution in [0, 0.1) is 0 Å². The third kappa shape index (κ3) is 4.17. The summed E-state index contributed by atoms with van der Waals surface area (Å²) < 4.78 is 49.1. The molecule has 4 heterocycles. The summed E-state index contributed by atoms with van der Waals surface area (Å²) in [6, 6.07) is 7.98. The second-order valence-corrected chi connectivity index (χ2v) is 6.76. The minimum absolute atomic E-state index is 0.0100. The van der Waals surface area contributed by atoms with Crippen LogP contribution in [-0.2, 0) is 17.5 Å². The SMILES string of the molecule is CN(C)c1ncccc1COC(=O)Nc1ccc(-c2noc(C(F)(F)F)n2)n2nccc12. The van der Waals surface area contributed by atoms with Gasteiger partial charge in [0.15, 0.2) is 0 Å². The molecule has 0 saturated heterocycles. The molecular weight excluding hydrogens is 431 g/mol. The summed E-state index contributed by atoms with van der Waals surface area (Å²) in [4.78, 5) is 21.8. The number of amides is 1. The van der Waals surface area contributed by atoms with Gasteiger partial charge in [-0.3, -0.25) is 5.32 Å². The van der Waals surface area contributed by atoms with Gasteiger partial charge in [0.25, 0.3) is 0 Å². The van der Waals surface area contributed by atoms with Crippen LogP contribution in [-0.4, -0.2) is 44.9 Å². The minimum Gasteiger partial charge on any atom is -0.444 e. The van der Waals surface area contributed by atoms with Crippen molar-refractivity contribution in [2.75, 3.05) is 24.3 Å². The lowest BCUT2D eigenvalue weighted by Crippen LogP contribution is -2.17. The van der Waals surface area contributed by atoms with Crippen molar-refractivity contribution in [2.45, 2.75) is 12.8 Å². The average molecular weight is 447 g/mol. The topological polar surface area (TPSA) is 111 Å². The lowest BCUT2D eigenvalue weighted by Gasteiger charge is -2.16. The van der Waals surface area contributed by atoms with E-state index in [0.717, 1.165) is 5.56 Å². The Morgan fingerprint density at radius 1 is 1.22 bits per heavy atom. The fourth-order valence-electron chi connectivity index (χ4n) is 2.97. The van der Waals surface area contributed by atoms with Gasteiger partial charge >= 0.3 is 18.2 Å². The maximum Gasteiger partial charge on any atom is 0.471 e. The Labute approximate surface area is 178 Å². The van der Waals surface area contributed by atoms with Gasteiger partial charge in [-0.1, -0.05) is 11.2 Å². The second-order valence-electron chi connectivity index (χ2n) is 6.76. The monoisotopic (exact) mass is 447 g/mol. The van der Waals surface area contributed by atoms with Gasteiger partial charge in [0.2, 0.25) is 5.82 Å². The Kier molecular flexibility index (Phi) is 5.38. The largest absolute Gasteiger partial charge is 0.471 e. The summed E-state index contributed by atoms with van der Waals surface area (Å²) in [5, 5.41) is 10.0. The van der Waals surface area contributed by atoms with Gasteiger partial charge in [-0.05, 0) is 24.3 Å². The van der Waals surface area contributed by atoms with E-state index in [4.69, 9.17) is 4.74 Å². The third-order valence-corrected chi connectivity index (χ3v) is 4.34. The van der Waals surface area contributed by atoms with Crippen molar-refractivity contribution in [3.05, 3.63) is 54.2 Å². The van der Waals surface area contributed by atoms with Gasteiger partial charge in [-0.2, -0.15) is 23.3 Å². The molecule has 1 amide bonds. The van der Waals surface area contributed by atoms with E-state index < -0.39 is 18.2 Å². The second kappa shape index (κ2) is 8.17. The molecule has 0 spiro atoms. The molecule has 0 aliphatic rings. The third-order valence-electron chi connectivity index (χ3n) is 4.34. The first kappa shape index (κ1) is 21.1. The normalized spacial score (nSPS) is 11.5. The summed E-state index contributed by atoms with van der Waals surface area (Å²) in [6.07, 6.45) is -2.44. The quantitative estimate of drug-likeness (QED) is 0.494. The number of nitrogens with zero attached hydrogens (tertiary/aromatic N) is 6. The first-order valence-corrected chi connectivity index (χ1v) is 9.17. The number of ether oxygens (including phenoxy) is 1. The predicted molar refractivity (Wildman–Crippen MR) is 106 cm³/mol.